The van der Waals surface area contributed by atoms with Crippen LogP contribution in [0.3, 0.4) is 0 Å². The third-order valence-electron chi connectivity index (χ3n) is 4.72. The van der Waals surface area contributed by atoms with E-state index in [9.17, 15) is 13.2 Å². The van der Waals surface area contributed by atoms with Crippen LogP contribution < -0.4 is 5.32 Å². The molecule has 1 aromatic rings. The van der Waals surface area contributed by atoms with E-state index in [2.05, 4.69) is 17.4 Å². The van der Waals surface area contributed by atoms with Crippen molar-refractivity contribution in [2.75, 3.05) is 11.5 Å². The van der Waals surface area contributed by atoms with Gasteiger partial charge in [0.25, 0.3) is 0 Å². The second-order valence-corrected chi connectivity index (χ2v) is 9.12. The standard InChI is InChI=1S/C17H23NO3S/c1-17(8-9-22(20,21)12-17)18-16(19)11-13-6-7-14-4-2-3-5-15(14)10-13/h6-7,10H,2-5,8-9,11-12H2,1H3,(H,18,19). The average Bonchev–Trinajstić information content (AvgIpc) is 2.72. The van der Waals surface area contributed by atoms with Gasteiger partial charge in [-0.25, -0.2) is 8.42 Å². The third-order valence-corrected chi connectivity index (χ3v) is 6.63. The Balaban J connectivity index is 1.65. The molecule has 22 heavy (non-hydrogen) atoms. The van der Waals surface area contributed by atoms with Crippen LogP contribution in [-0.2, 0) is 33.9 Å². The lowest BCUT2D eigenvalue weighted by Gasteiger charge is -2.24. The molecule has 0 aromatic heterocycles. The van der Waals surface area contributed by atoms with Crippen LogP contribution >= 0.6 is 0 Å². The molecule has 1 aliphatic heterocycles. The van der Waals surface area contributed by atoms with Gasteiger partial charge in [-0.2, -0.15) is 0 Å². The summed E-state index contributed by atoms with van der Waals surface area (Å²) >= 11 is 0. The fourth-order valence-electron chi connectivity index (χ4n) is 3.57. The molecule has 1 aliphatic carbocycles. The van der Waals surface area contributed by atoms with Gasteiger partial charge in [-0.1, -0.05) is 18.2 Å². The van der Waals surface area contributed by atoms with E-state index in [-0.39, 0.29) is 17.4 Å². The number of rotatable bonds is 3. The molecule has 1 heterocycles. The minimum Gasteiger partial charge on any atom is -0.350 e. The Kier molecular flexibility index (Phi) is 4.02. The molecular formula is C17H23NO3S. The number of hydrogen-bond acceptors (Lipinski definition) is 3. The molecule has 1 amide bonds. The topological polar surface area (TPSA) is 63.2 Å². The summed E-state index contributed by atoms with van der Waals surface area (Å²) < 4.78 is 23.2. The normalized spacial score (nSPS) is 26.4. The number of amides is 1. The molecule has 120 valence electrons. The minimum atomic E-state index is -3.00. The van der Waals surface area contributed by atoms with Crippen molar-refractivity contribution in [2.45, 2.75) is 51.0 Å². The fraction of sp³-hybridized carbons (Fsp3) is 0.588. The van der Waals surface area contributed by atoms with Crippen molar-refractivity contribution in [2.24, 2.45) is 0 Å². The van der Waals surface area contributed by atoms with Crippen molar-refractivity contribution in [1.82, 2.24) is 5.32 Å². The Bertz CT molecular complexity index is 696. The van der Waals surface area contributed by atoms with Crippen LogP contribution in [0.4, 0.5) is 0 Å². The van der Waals surface area contributed by atoms with Crippen molar-refractivity contribution in [3.8, 4) is 0 Å². The maximum atomic E-state index is 12.2. The first-order valence-electron chi connectivity index (χ1n) is 7.97. The van der Waals surface area contributed by atoms with Gasteiger partial charge < -0.3 is 5.32 Å². The van der Waals surface area contributed by atoms with Gasteiger partial charge in [-0.05, 0) is 55.7 Å². The average molecular weight is 321 g/mol. The van der Waals surface area contributed by atoms with Gasteiger partial charge in [-0.3, -0.25) is 4.79 Å². The quantitative estimate of drug-likeness (QED) is 0.923. The number of carbonyl (C=O) groups is 1. The second kappa shape index (κ2) is 5.69. The SMILES string of the molecule is CC1(NC(=O)Cc2ccc3c(c2)CCCC3)CCS(=O)(=O)C1. The molecule has 1 unspecified atom stereocenters. The molecule has 5 heteroatoms. The molecule has 1 N–H and O–H groups in total. The molecule has 0 bridgehead atoms. The first-order valence-corrected chi connectivity index (χ1v) is 9.80. The second-order valence-electron chi connectivity index (χ2n) is 6.94. The summed E-state index contributed by atoms with van der Waals surface area (Å²) in [7, 11) is -3.00. The van der Waals surface area contributed by atoms with E-state index in [1.54, 1.807) is 0 Å². The van der Waals surface area contributed by atoms with Gasteiger partial charge >= 0.3 is 0 Å². The summed E-state index contributed by atoms with van der Waals surface area (Å²) in [4.78, 5) is 12.2. The molecule has 1 atom stereocenters. The predicted molar refractivity (Wildman–Crippen MR) is 86.6 cm³/mol. The molecule has 3 rings (SSSR count). The maximum Gasteiger partial charge on any atom is 0.224 e. The Hall–Kier alpha value is -1.36. The number of nitrogens with one attached hydrogen (secondary N) is 1. The number of sulfone groups is 1. The molecule has 0 saturated carbocycles. The van der Waals surface area contributed by atoms with Crippen LogP contribution in [0.2, 0.25) is 0 Å². The van der Waals surface area contributed by atoms with E-state index in [4.69, 9.17) is 0 Å². The highest BCUT2D eigenvalue weighted by Gasteiger charge is 2.39. The Morgan fingerprint density at radius 2 is 1.95 bits per heavy atom. The van der Waals surface area contributed by atoms with E-state index in [0.717, 1.165) is 18.4 Å². The van der Waals surface area contributed by atoms with Gasteiger partial charge in [0.2, 0.25) is 5.91 Å². The van der Waals surface area contributed by atoms with Gasteiger partial charge in [0.05, 0.1) is 23.5 Å². The number of benzene rings is 1. The zero-order valence-electron chi connectivity index (χ0n) is 13.0. The lowest BCUT2D eigenvalue weighted by molar-refractivity contribution is -0.121. The molecule has 1 fully saturated rings. The van der Waals surface area contributed by atoms with Gasteiger partial charge in [-0.15, -0.1) is 0 Å². The van der Waals surface area contributed by atoms with Crippen LogP contribution in [0.25, 0.3) is 0 Å². The highest BCUT2D eigenvalue weighted by atomic mass is 32.2. The number of hydrogen-bond donors (Lipinski definition) is 1. The lowest BCUT2D eigenvalue weighted by atomic mass is 9.90. The fourth-order valence-corrected chi connectivity index (χ4v) is 5.67. The molecule has 1 saturated heterocycles. The molecule has 1 aromatic carbocycles. The molecule has 2 aliphatic rings. The van der Waals surface area contributed by atoms with Gasteiger partial charge in [0.15, 0.2) is 9.84 Å². The Labute approximate surface area is 132 Å². The summed E-state index contributed by atoms with van der Waals surface area (Å²) in [6.45, 7) is 1.82. The van der Waals surface area contributed by atoms with Crippen LogP contribution in [0, 0.1) is 0 Å². The van der Waals surface area contributed by atoms with Crippen molar-refractivity contribution in [1.29, 1.82) is 0 Å². The maximum absolute atomic E-state index is 12.2. The largest absolute Gasteiger partial charge is 0.350 e. The molecule has 0 spiro atoms. The summed E-state index contributed by atoms with van der Waals surface area (Å²) in [5.74, 6) is 0.133. The Morgan fingerprint density at radius 1 is 1.23 bits per heavy atom. The van der Waals surface area contributed by atoms with Crippen molar-refractivity contribution >= 4 is 15.7 Å². The minimum absolute atomic E-state index is 0.0515. The van der Waals surface area contributed by atoms with Crippen LogP contribution in [0.15, 0.2) is 18.2 Å². The molecule has 0 radical (unpaired) electrons. The summed E-state index contributed by atoms with van der Waals surface area (Å²) in [6.07, 6.45) is 5.53. The molecule has 4 nitrogen and oxygen atoms in total. The first-order chi connectivity index (χ1) is 10.4. The van der Waals surface area contributed by atoms with E-state index < -0.39 is 15.4 Å². The first kappa shape index (κ1) is 15.5. The van der Waals surface area contributed by atoms with Crippen molar-refractivity contribution in [3.05, 3.63) is 34.9 Å². The summed E-state index contributed by atoms with van der Waals surface area (Å²) in [5.41, 5.74) is 3.18. The van der Waals surface area contributed by atoms with Gasteiger partial charge in [0, 0.05) is 0 Å². The zero-order chi connectivity index (χ0) is 15.8. The smallest absolute Gasteiger partial charge is 0.224 e. The zero-order valence-corrected chi connectivity index (χ0v) is 13.8. The van der Waals surface area contributed by atoms with E-state index in [0.29, 0.717) is 12.8 Å². The predicted octanol–water partition coefficient (Wildman–Crippen LogP) is 1.80. The van der Waals surface area contributed by atoms with Crippen molar-refractivity contribution < 1.29 is 13.2 Å². The van der Waals surface area contributed by atoms with E-state index >= 15 is 0 Å². The lowest BCUT2D eigenvalue weighted by Crippen LogP contribution is -2.47. The Morgan fingerprint density at radius 3 is 2.64 bits per heavy atom. The number of carbonyl (C=O) groups excluding carboxylic acids is 1. The van der Waals surface area contributed by atoms with Gasteiger partial charge in [0.1, 0.15) is 0 Å². The van der Waals surface area contributed by atoms with E-state index in [1.807, 2.05) is 13.0 Å². The number of aryl methyl sites for hydroxylation is 2. The molecular weight excluding hydrogens is 298 g/mol. The van der Waals surface area contributed by atoms with Crippen LogP contribution in [-0.4, -0.2) is 31.4 Å². The van der Waals surface area contributed by atoms with Crippen LogP contribution in [0.1, 0.15) is 42.9 Å². The highest BCUT2D eigenvalue weighted by Crippen LogP contribution is 2.24. The van der Waals surface area contributed by atoms with Crippen molar-refractivity contribution in [3.63, 3.8) is 0 Å². The van der Waals surface area contributed by atoms with E-state index in [1.165, 1.54) is 24.0 Å². The monoisotopic (exact) mass is 321 g/mol. The summed E-state index contributed by atoms with van der Waals surface area (Å²) in [5, 5.41) is 2.92. The third kappa shape index (κ3) is 3.51. The van der Waals surface area contributed by atoms with Crippen LogP contribution in [0.5, 0.6) is 0 Å². The number of fused-ring (bicyclic) bond motifs is 1. The highest BCUT2D eigenvalue weighted by molar-refractivity contribution is 7.91. The summed E-state index contributed by atoms with van der Waals surface area (Å²) in [6, 6.07) is 6.30.